The molecule has 2 heterocycles. The number of carbonyl (C=O) groups is 1. The van der Waals surface area contributed by atoms with E-state index in [-0.39, 0.29) is 18.8 Å². The van der Waals surface area contributed by atoms with Gasteiger partial charge in [0.05, 0.1) is 12.8 Å². The molecule has 5 nitrogen and oxygen atoms in total. The minimum absolute atomic E-state index is 0.166. The van der Waals surface area contributed by atoms with Crippen LogP contribution in [0.15, 0.2) is 65.5 Å². The summed E-state index contributed by atoms with van der Waals surface area (Å²) in [6.07, 6.45) is 4.81. The van der Waals surface area contributed by atoms with E-state index in [0.29, 0.717) is 5.76 Å². The average molecular weight is 343 g/mol. The lowest BCUT2D eigenvalue weighted by molar-refractivity contribution is 0.201. The first-order valence-electron chi connectivity index (χ1n) is 7.54. The standard InChI is InChI=1S/C18H15F2N3O2/c19-16-6-5-14(9-17(16)20)22-18(24)23(12-15-4-2-8-25-15)11-13-3-1-7-21-10-13/h1-10H,11-12H2,(H,22,24). The van der Waals surface area contributed by atoms with Crippen LogP contribution in [0.2, 0.25) is 0 Å². The molecule has 0 bridgehead atoms. The van der Waals surface area contributed by atoms with Crippen molar-refractivity contribution in [2.75, 3.05) is 5.32 Å². The molecular weight excluding hydrogens is 328 g/mol. The highest BCUT2D eigenvalue weighted by Gasteiger charge is 2.17. The van der Waals surface area contributed by atoms with E-state index in [4.69, 9.17) is 4.42 Å². The van der Waals surface area contributed by atoms with Crippen molar-refractivity contribution >= 4 is 11.7 Å². The number of urea groups is 1. The molecule has 0 saturated heterocycles. The molecule has 0 aliphatic heterocycles. The van der Waals surface area contributed by atoms with Crippen molar-refractivity contribution in [2.45, 2.75) is 13.1 Å². The van der Waals surface area contributed by atoms with Crippen molar-refractivity contribution in [1.29, 1.82) is 0 Å². The van der Waals surface area contributed by atoms with Crippen LogP contribution >= 0.6 is 0 Å². The fourth-order valence-corrected chi connectivity index (χ4v) is 2.28. The number of nitrogens with zero attached hydrogens (tertiary/aromatic N) is 2. The molecule has 25 heavy (non-hydrogen) atoms. The smallest absolute Gasteiger partial charge is 0.322 e. The second-order valence-corrected chi connectivity index (χ2v) is 5.36. The number of carbonyl (C=O) groups excluding carboxylic acids is 1. The van der Waals surface area contributed by atoms with Gasteiger partial charge in [0, 0.05) is 30.7 Å². The van der Waals surface area contributed by atoms with Crippen LogP contribution in [-0.2, 0) is 13.1 Å². The van der Waals surface area contributed by atoms with Crippen molar-refractivity contribution in [3.63, 3.8) is 0 Å². The Balaban J connectivity index is 1.77. The lowest BCUT2D eigenvalue weighted by atomic mass is 10.2. The number of pyridine rings is 1. The summed E-state index contributed by atoms with van der Waals surface area (Å²) in [5, 5.41) is 2.56. The van der Waals surface area contributed by atoms with Gasteiger partial charge in [-0.05, 0) is 35.9 Å². The first-order chi connectivity index (χ1) is 12.1. The van der Waals surface area contributed by atoms with Crippen molar-refractivity contribution in [3.05, 3.63) is 84.1 Å². The summed E-state index contributed by atoms with van der Waals surface area (Å²) in [6.45, 7) is 0.501. The summed E-state index contributed by atoms with van der Waals surface area (Å²) in [6, 6.07) is 9.81. The molecule has 0 unspecified atom stereocenters. The number of hydrogen-bond acceptors (Lipinski definition) is 3. The van der Waals surface area contributed by atoms with Gasteiger partial charge in [0.15, 0.2) is 11.6 Å². The average Bonchev–Trinajstić information content (AvgIpc) is 3.12. The lowest BCUT2D eigenvalue weighted by Crippen LogP contribution is -2.34. The van der Waals surface area contributed by atoms with Crippen molar-refractivity contribution in [2.24, 2.45) is 0 Å². The molecule has 2 amide bonds. The number of halogens is 2. The van der Waals surface area contributed by atoms with Gasteiger partial charge in [-0.15, -0.1) is 0 Å². The molecule has 1 aromatic carbocycles. The highest BCUT2D eigenvalue weighted by Crippen LogP contribution is 2.16. The minimum atomic E-state index is -1.03. The zero-order valence-corrected chi connectivity index (χ0v) is 13.2. The molecule has 7 heteroatoms. The number of rotatable bonds is 5. The molecule has 0 aliphatic carbocycles. The van der Waals surface area contributed by atoms with Crippen LogP contribution in [0.3, 0.4) is 0 Å². The maximum absolute atomic E-state index is 13.3. The third-order valence-corrected chi connectivity index (χ3v) is 3.48. The monoisotopic (exact) mass is 343 g/mol. The predicted molar refractivity (Wildman–Crippen MR) is 87.6 cm³/mol. The molecule has 0 atom stereocenters. The summed E-state index contributed by atoms with van der Waals surface area (Å²) >= 11 is 0. The van der Waals surface area contributed by atoms with Gasteiger partial charge in [0.25, 0.3) is 0 Å². The molecule has 3 aromatic rings. The Morgan fingerprint density at radius 1 is 1.12 bits per heavy atom. The molecule has 0 radical (unpaired) electrons. The van der Waals surface area contributed by atoms with Gasteiger partial charge in [-0.3, -0.25) is 4.98 Å². The van der Waals surface area contributed by atoms with E-state index in [0.717, 1.165) is 17.7 Å². The SMILES string of the molecule is O=C(Nc1ccc(F)c(F)c1)N(Cc1cccnc1)Cc1ccco1. The summed E-state index contributed by atoms with van der Waals surface area (Å²) in [5.41, 5.74) is 0.994. The number of benzene rings is 1. The van der Waals surface area contributed by atoms with Gasteiger partial charge < -0.3 is 14.6 Å². The van der Waals surface area contributed by atoms with Crippen LogP contribution in [0.4, 0.5) is 19.3 Å². The second kappa shape index (κ2) is 7.57. The Kier molecular flexibility index (Phi) is 5.03. The number of amides is 2. The Bertz CT molecular complexity index is 839. The van der Waals surface area contributed by atoms with E-state index in [2.05, 4.69) is 10.3 Å². The molecule has 0 spiro atoms. The first-order valence-corrected chi connectivity index (χ1v) is 7.54. The molecule has 0 aliphatic rings. The van der Waals surface area contributed by atoms with Crippen LogP contribution in [0.5, 0.6) is 0 Å². The van der Waals surface area contributed by atoms with Crippen LogP contribution in [0.1, 0.15) is 11.3 Å². The number of aromatic nitrogens is 1. The van der Waals surface area contributed by atoms with Gasteiger partial charge in [0.1, 0.15) is 5.76 Å². The second-order valence-electron chi connectivity index (χ2n) is 5.36. The van der Waals surface area contributed by atoms with Gasteiger partial charge in [-0.25, -0.2) is 13.6 Å². The maximum Gasteiger partial charge on any atom is 0.322 e. The quantitative estimate of drug-likeness (QED) is 0.756. The highest BCUT2D eigenvalue weighted by molar-refractivity contribution is 5.89. The minimum Gasteiger partial charge on any atom is -0.467 e. The van der Waals surface area contributed by atoms with E-state index < -0.39 is 17.7 Å². The fourth-order valence-electron chi connectivity index (χ4n) is 2.28. The van der Waals surface area contributed by atoms with E-state index >= 15 is 0 Å². The van der Waals surface area contributed by atoms with E-state index in [1.807, 2.05) is 6.07 Å². The normalized spacial score (nSPS) is 10.5. The molecular formula is C18H15F2N3O2. The highest BCUT2D eigenvalue weighted by atomic mass is 19.2. The zero-order valence-electron chi connectivity index (χ0n) is 13.2. The number of furan rings is 1. The molecule has 0 saturated carbocycles. The Hall–Kier alpha value is -3.22. The van der Waals surface area contributed by atoms with Crippen LogP contribution in [0.25, 0.3) is 0 Å². The predicted octanol–water partition coefficient (Wildman–Crippen LogP) is 4.19. The molecule has 128 valence electrons. The number of nitrogens with one attached hydrogen (secondary N) is 1. The van der Waals surface area contributed by atoms with Crippen LogP contribution in [0, 0.1) is 11.6 Å². The summed E-state index contributed by atoms with van der Waals surface area (Å²) in [5.74, 6) is -1.40. The third-order valence-electron chi connectivity index (χ3n) is 3.48. The third kappa shape index (κ3) is 4.41. The van der Waals surface area contributed by atoms with E-state index in [1.165, 1.54) is 17.2 Å². The van der Waals surface area contributed by atoms with Crippen molar-refractivity contribution in [1.82, 2.24) is 9.88 Å². The van der Waals surface area contributed by atoms with Gasteiger partial charge >= 0.3 is 6.03 Å². The Morgan fingerprint density at radius 2 is 2.00 bits per heavy atom. The topological polar surface area (TPSA) is 58.4 Å². The van der Waals surface area contributed by atoms with Crippen molar-refractivity contribution < 1.29 is 18.0 Å². The molecule has 2 aromatic heterocycles. The summed E-state index contributed by atoms with van der Waals surface area (Å²) in [4.78, 5) is 18.1. The van der Waals surface area contributed by atoms with Gasteiger partial charge in [-0.2, -0.15) is 0 Å². The fraction of sp³-hybridized carbons (Fsp3) is 0.111. The van der Waals surface area contributed by atoms with E-state index in [1.54, 1.807) is 30.6 Å². The van der Waals surface area contributed by atoms with Gasteiger partial charge in [-0.1, -0.05) is 6.07 Å². The first kappa shape index (κ1) is 16.6. The maximum atomic E-state index is 13.3. The van der Waals surface area contributed by atoms with Crippen LogP contribution < -0.4 is 5.32 Å². The lowest BCUT2D eigenvalue weighted by Gasteiger charge is -2.22. The zero-order chi connectivity index (χ0) is 17.6. The Labute approximate surface area is 142 Å². The Morgan fingerprint density at radius 3 is 2.68 bits per heavy atom. The molecule has 1 N–H and O–H groups in total. The molecule has 3 rings (SSSR count). The summed E-state index contributed by atoms with van der Waals surface area (Å²) < 4.78 is 31.6. The van der Waals surface area contributed by atoms with Crippen molar-refractivity contribution in [3.8, 4) is 0 Å². The number of anilines is 1. The summed E-state index contributed by atoms with van der Waals surface area (Å²) in [7, 11) is 0. The van der Waals surface area contributed by atoms with E-state index in [9.17, 15) is 13.6 Å². The number of hydrogen-bond donors (Lipinski definition) is 1. The van der Waals surface area contributed by atoms with Gasteiger partial charge in [0.2, 0.25) is 0 Å². The molecule has 0 fully saturated rings. The largest absolute Gasteiger partial charge is 0.467 e. The van der Waals surface area contributed by atoms with Crippen LogP contribution in [-0.4, -0.2) is 15.9 Å².